The minimum absolute atomic E-state index is 0.0232. The number of nitrogens with zero attached hydrogens (tertiary/aromatic N) is 1. The van der Waals surface area contributed by atoms with Crippen LogP contribution in [0.25, 0.3) is 0 Å². The van der Waals surface area contributed by atoms with Gasteiger partial charge in [0.05, 0.1) is 18.6 Å². The first kappa shape index (κ1) is 17.7. The van der Waals surface area contributed by atoms with Gasteiger partial charge in [0.25, 0.3) is 0 Å². The van der Waals surface area contributed by atoms with Crippen molar-refractivity contribution in [2.75, 3.05) is 32.8 Å². The van der Waals surface area contributed by atoms with E-state index in [4.69, 9.17) is 16.3 Å². The lowest BCUT2D eigenvalue weighted by Crippen LogP contribution is -2.42. The summed E-state index contributed by atoms with van der Waals surface area (Å²) in [4.78, 5) is 14.4. The lowest BCUT2D eigenvalue weighted by Gasteiger charge is -2.34. The number of piperidine rings is 1. The SMILES string of the molecule is CCOC(=O)C1CCCN(CC2CNNC2c2ccc(Cl)cc2)C1. The third-order valence-electron chi connectivity index (χ3n) is 4.94. The molecule has 3 unspecified atom stereocenters. The first-order valence-electron chi connectivity index (χ1n) is 8.80. The van der Waals surface area contributed by atoms with Gasteiger partial charge < -0.3 is 9.64 Å². The molecule has 1 aromatic carbocycles. The molecule has 2 N–H and O–H groups in total. The van der Waals surface area contributed by atoms with E-state index in [-0.39, 0.29) is 17.9 Å². The molecular weight excluding hydrogens is 326 g/mol. The number of nitrogens with one attached hydrogen (secondary N) is 2. The second-order valence-electron chi connectivity index (χ2n) is 6.67. The largest absolute Gasteiger partial charge is 0.466 e. The minimum Gasteiger partial charge on any atom is -0.466 e. The Kier molecular flexibility index (Phi) is 6.11. The second kappa shape index (κ2) is 8.30. The highest BCUT2D eigenvalue weighted by atomic mass is 35.5. The fourth-order valence-corrected chi connectivity index (χ4v) is 3.86. The predicted molar refractivity (Wildman–Crippen MR) is 94.6 cm³/mol. The highest BCUT2D eigenvalue weighted by molar-refractivity contribution is 6.30. The Morgan fingerprint density at radius 1 is 1.38 bits per heavy atom. The predicted octanol–water partition coefficient (Wildman–Crippen LogP) is 2.38. The minimum atomic E-state index is -0.0425. The van der Waals surface area contributed by atoms with Gasteiger partial charge in [0.15, 0.2) is 0 Å². The number of ether oxygens (including phenoxy) is 1. The summed E-state index contributed by atoms with van der Waals surface area (Å²) in [6, 6.07) is 8.30. The summed E-state index contributed by atoms with van der Waals surface area (Å²) < 4.78 is 5.20. The molecule has 24 heavy (non-hydrogen) atoms. The van der Waals surface area contributed by atoms with Crippen molar-refractivity contribution in [3.8, 4) is 0 Å². The average Bonchev–Trinajstić information content (AvgIpc) is 3.04. The average molecular weight is 352 g/mol. The Balaban J connectivity index is 1.60. The molecule has 2 heterocycles. The van der Waals surface area contributed by atoms with Gasteiger partial charge in [-0.2, -0.15) is 0 Å². The van der Waals surface area contributed by atoms with Crippen LogP contribution in [0.4, 0.5) is 0 Å². The third kappa shape index (κ3) is 4.28. The standard InChI is InChI=1S/C18H26ClN3O2/c1-2-24-18(23)14-4-3-9-22(11-14)12-15-10-20-21-17(15)13-5-7-16(19)8-6-13/h5-8,14-15,17,20-21H,2-4,9-12H2,1H3. The molecule has 0 saturated carbocycles. The maximum absolute atomic E-state index is 12.0. The molecule has 6 heteroatoms. The van der Waals surface area contributed by atoms with Gasteiger partial charge in [-0.05, 0) is 44.0 Å². The van der Waals surface area contributed by atoms with Crippen molar-refractivity contribution < 1.29 is 9.53 Å². The Morgan fingerprint density at radius 3 is 2.92 bits per heavy atom. The summed E-state index contributed by atoms with van der Waals surface area (Å²) in [6.45, 7) is 6.09. The number of hydrazine groups is 1. The van der Waals surface area contributed by atoms with Crippen LogP contribution in [0, 0.1) is 11.8 Å². The molecule has 0 amide bonds. The summed E-state index contributed by atoms with van der Waals surface area (Å²) in [7, 11) is 0. The van der Waals surface area contributed by atoms with E-state index < -0.39 is 0 Å². The molecule has 2 aliphatic rings. The van der Waals surface area contributed by atoms with E-state index in [1.165, 1.54) is 5.56 Å². The van der Waals surface area contributed by atoms with Crippen LogP contribution in [-0.2, 0) is 9.53 Å². The van der Waals surface area contributed by atoms with Gasteiger partial charge in [0.2, 0.25) is 0 Å². The van der Waals surface area contributed by atoms with Crippen LogP contribution >= 0.6 is 11.6 Å². The number of halogens is 1. The van der Waals surface area contributed by atoms with E-state index in [2.05, 4.69) is 27.9 Å². The van der Waals surface area contributed by atoms with E-state index in [9.17, 15) is 4.79 Å². The monoisotopic (exact) mass is 351 g/mol. The maximum atomic E-state index is 12.0. The van der Waals surface area contributed by atoms with Crippen LogP contribution in [0.15, 0.2) is 24.3 Å². The Bertz CT molecular complexity index is 552. The maximum Gasteiger partial charge on any atom is 0.310 e. The molecular formula is C18H26ClN3O2. The van der Waals surface area contributed by atoms with Crippen LogP contribution in [-0.4, -0.2) is 43.7 Å². The highest BCUT2D eigenvalue weighted by Gasteiger charge is 2.33. The van der Waals surface area contributed by atoms with Crippen molar-refractivity contribution in [2.24, 2.45) is 11.8 Å². The zero-order chi connectivity index (χ0) is 16.9. The van der Waals surface area contributed by atoms with Crippen molar-refractivity contribution in [1.29, 1.82) is 0 Å². The van der Waals surface area contributed by atoms with Gasteiger partial charge in [-0.1, -0.05) is 23.7 Å². The van der Waals surface area contributed by atoms with E-state index >= 15 is 0 Å². The molecule has 2 fully saturated rings. The van der Waals surface area contributed by atoms with E-state index in [1.807, 2.05) is 19.1 Å². The third-order valence-corrected chi connectivity index (χ3v) is 5.19. The van der Waals surface area contributed by atoms with Crippen molar-refractivity contribution in [3.63, 3.8) is 0 Å². The second-order valence-corrected chi connectivity index (χ2v) is 7.10. The van der Waals surface area contributed by atoms with Crippen molar-refractivity contribution >= 4 is 17.6 Å². The summed E-state index contributed by atoms with van der Waals surface area (Å²) in [5.74, 6) is 0.446. The number of carbonyl (C=O) groups excluding carboxylic acids is 1. The Morgan fingerprint density at radius 2 is 2.17 bits per heavy atom. The van der Waals surface area contributed by atoms with Crippen molar-refractivity contribution in [1.82, 2.24) is 15.8 Å². The quantitative estimate of drug-likeness (QED) is 0.798. The molecule has 5 nitrogen and oxygen atoms in total. The smallest absolute Gasteiger partial charge is 0.310 e. The van der Waals surface area contributed by atoms with E-state index in [1.54, 1.807) is 0 Å². The topological polar surface area (TPSA) is 53.6 Å². The van der Waals surface area contributed by atoms with Gasteiger partial charge in [-0.3, -0.25) is 10.2 Å². The number of likely N-dealkylation sites (tertiary alicyclic amines) is 1. The summed E-state index contributed by atoms with van der Waals surface area (Å²) in [6.07, 6.45) is 2.00. The lowest BCUT2D eigenvalue weighted by atomic mass is 9.92. The van der Waals surface area contributed by atoms with E-state index in [0.29, 0.717) is 12.5 Å². The molecule has 0 radical (unpaired) electrons. The summed E-state index contributed by atoms with van der Waals surface area (Å²) >= 11 is 5.99. The number of esters is 1. The molecule has 0 aliphatic carbocycles. The normalized spacial score (nSPS) is 28.0. The molecule has 0 aromatic heterocycles. The molecule has 0 bridgehead atoms. The van der Waals surface area contributed by atoms with Crippen molar-refractivity contribution in [2.45, 2.75) is 25.8 Å². The van der Waals surface area contributed by atoms with Crippen LogP contribution in [0.5, 0.6) is 0 Å². The van der Waals surface area contributed by atoms with Crippen LogP contribution in [0.1, 0.15) is 31.4 Å². The highest BCUT2D eigenvalue weighted by Crippen LogP contribution is 2.28. The molecule has 0 spiro atoms. The molecule has 2 saturated heterocycles. The zero-order valence-electron chi connectivity index (χ0n) is 14.1. The molecule has 3 rings (SSSR count). The number of carbonyl (C=O) groups is 1. The molecule has 132 valence electrons. The number of hydrogen-bond donors (Lipinski definition) is 2. The Labute approximate surface area is 148 Å². The van der Waals surface area contributed by atoms with Gasteiger partial charge in [0, 0.05) is 30.6 Å². The summed E-state index contributed by atoms with van der Waals surface area (Å²) in [5.41, 5.74) is 7.90. The van der Waals surface area contributed by atoms with Crippen molar-refractivity contribution in [3.05, 3.63) is 34.9 Å². The molecule has 1 aromatic rings. The van der Waals surface area contributed by atoms with Crippen LogP contribution in [0.2, 0.25) is 5.02 Å². The van der Waals surface area contributed by atoms with Gasteiger partial charge in [-0.25, -0.2) is 5.43 Å². The van der Waals surface area contributed by atoms with Gasteiger partial charge in [-0.15, -0.1) is 0 Å². The Hall–Kier alpha value is -1.14. The lowest BCUT2D eigenvalue weighted by molar-refractivity contribution is -0.150. The molecule has 2 aliphatic heterocycles. The number of hydrogen-bond acceptors (Lipinski definition) is 5. The fraction of sp³-hybridized carbons (Fsp3) is 0.611. The number of benzene rings is 1. The fourth-order valence-electron chi connectivity index (χ4n) is 3.74. The number of rotatable bonds is 5. The summed E-state index contributed by atoms with van der Waals surface area (Å²) in [5, 5.41) is 0.759. The zero-order valence-corrected chi connectivity index (χ0v) is 14.9. The van der Waals surface area contributed by atoms with Crippen LogP contribution in [0.3, 0.4) is 0 Å². The molecule has 3 atom stereocenters. The van der Waals surface area contributed by atoms with E-state index in [0.717, 1.165) is 44.0 Å². The first-order valence-corrected chi connectivity index (χ1v) is 9.18. The van der Waals surface area contributed by atoms with Gasteiger partial charge in [0.1, 0.15) is 0 Å². The first-order chi connectivity index (χ1) is 11.7. The van der Waals surface area contributed by atoms with Gasteiger partial charge >= 0.3 is 5.97 Å². The van der Waals surface area contributed by atoms with Crippen LogP contribution < -0.4 is 10.9 Å².